The molecule has 4 fully saturated rings. The van der Waals surface area contributed by atoms with Crippen LogP contribution in [0.3, 0.4) is 0 Å². The molecule has 160 valence electrons. The first kappa shape index (κ1) is 19.1. The van der Waals surface area contributed by atoms with E-state index in [9.17, 15) is 9.90 Å². The highest BCUT2D eigenvalue weighted by Crippen LogP contribution is 2.63. The van der Waals surface area contributed by atoms with Gasteiger partial charge in [-0.3, -0.25) is 4.79 Å². The van der Waals surface area contributed by atoms with E-state index in [2.05, 4.69) is 25.1 Å². The highest BCUT2D eigenvalue weighted by atomic mass is 16.7. The van der Waals surface area contributed by atoms with Crippen molar-refractivity contribution in [2.75, 3.05) is 13.2 Å². The summed E-state index contributed by atoms with van der Waals surface area (Å²) < 4.78 is 12.4. The quantitative estimate of drug-likeness (QED) is 0.667. The lowest BCUT2D eigenvalue weighted by Gasteiger charge is -2.55. The highest BCUT2D eigenvalue weighted by molar-refractivity contribution is 5.87. The maximum Gasteiger partial charge on any atom is 0.172 e. The summed E-state index contributed by atoms with van der Waals surface area (Å²) in [6.07, 6.45) is 9.39. The summed E-state index contributed by atoms with van der Waals surface area (Å²) in [5, 5.41) is 9.84. The predicted molar refractivity (Wildman–Crippen MR) is 113 cm³/mol. The van der Waals surface area contributed by atoms with Crippen LogP contribution in [-0.4, -0.2) is 29.9 Å². The van der Waals surface area contributed by atoms with Crippen molar-refractivity contribution in [1.82, 2.24) is 0 Å². The predicted octanol–water partition coefficient (Wildman–Crippen LogP) is 4.97. The average molecular weight is 409 g/mol. The van der Waals surface area contributed by atoms with Crippen molar-refractivity contribution in [2.45, 2.75) is 63.6 Å². The van der Waals surface area contributed by atoms with Crippen LogP contribution in [0.5, 0.6) is 5.75 Å². The van der Waals surface area contributed by atoms with Crippen molar-refractivity contribution >= 4 is 5.78 Å². The third-order valence-corrected chi connectivity index (χ3v) is 9.32. The van der Waals surface area contributed by atoms with E-state index in [0.29, 0.717) is 54.3 Å². The Kier molecular flexibility index (Phi) is 4.24. The number of ketones is 1. The van der Waals surface area contributed by atoms with E-state index in [1.165, 1.54) is 11.1 Å². The van der Waals surface area contributed by atoms with Crippen molar-refractivity contribution in [3.05, 3.63) is 41.5 Å². The maximum absolute atomic E-state index is 12.7. The molecule has 4 heteroatoms. The van der Waals surface area contributed by atoms with Crippen molar-refractivity contribution in [2.24, 2.45) is 29.1 Å². The molecular formula is C26H32O4. The largest absolute Gasteiger partial charge is 0.508 e. The number of carbonyl (C=O) groups excluding carboxylic acids is 1. The molecule has 1 aliphatic heterocycles. The van der Waals surface area contributed by atoms with Crippen LogP contribution in [0.15, 0.2) is 35.9 Å². The molecule has 3 saturated carbocycles. The molecule has 6 rings (SSSR count). The lowest BCUT2D eigenvalue weighted by Crippen LogP contribution is -2.50. The van der Waals surface area contributed by atoms with Gasteiger partial charge in [0.15, 0.2) is 5.79 Å². The first-order valence-corrected chi connectivity index (χ1v) is 11.8. The minimum absolute atomic E-state index is 0.0892. The van der Waals surface area contributed by atoms with E-state index >= 15 is 0 Å². The number of Topliss-reactive ketones (excluding diaryl/α,β-unsaturated/α-hetero) is 1. The Hall–Kier alpha value is -1.65. The summed E-state index contributed by atoms with van der Waals surface area (Å²) >= 11 is 0. The number of rotatable bonds is 1. The molecule has 1 saturated heterocycles. The van der Waals surface area contributed by atoms with Gasteiger partial charge in [0.05, 0.1) is 13.2 Å². The van der Waals surface area contributed by atoms with Crippen LogP contribution in [0, 0.1) is 29.1 Å². The minimum Gasteiger partial charge on any atom is -0.508 e. The van der Waals surface area contributed by atoms with Gasteiger partial charge in [0.25, 0.3) is 0 Å². The van der Waals surface area contributed by atoms with E-state index in [4.69, 9.17) is 9.47 Å². The van der Waals surface area contributed by atoms with Gasteiger partial charge in [-0.15, -0.1) is 0 Å². The SMILES string of the molecule is C[C@]12CC[C@H]3[C@@H](CC=C4CC5(C[C@@H](c6ccc(O)cc6)[C@@H]43)OCCO5)[C@@H]1CCC2=O. The van der Waals surface area contributed by atoms with Gasteiger partial charge in [-0.1, -0.05) is 30.7 Å². The number of fused-ring (bicyclic) bond motifs is 5. The summed E-state index contributed by atoms with van der Waals surface area (Å²) in [4.78, 5) is 12.7. The van der Waals surface area contributed by atoms with E-state index in [-0.39, 0.29) is 5.41 Å². The summed E-state index contributed by atoms with van der Waals surface area (Å²) in [5.41, 5.74) is 2.70. The average Bonchev–Trinajstić information content (AvgIpc) is 3.32. The van der Waals surface area contributed by atoms with Crippen LogP contribution in [0.25, 0.3) is 0 Å². The molecule has 6 atom stereocenters. The zero-order chi connectivity index (χ0) is 20.5. The molecule has 5 aliphatic rings. The standard InChI is InChI=1S/C26H32O4/c1-25-11-10-20-19(22(25)8-9-23(25)28)7-4-17-14-26(29-12-13-30-26)15-21(24(17)20)16-2-5-18(27)6-3-16/h2-6,19-22,24,27H,7-15H2,1H3/t19-,20+,21+,22+,24+,25+/m1/s1. The van der Waals surface area contributed by atoms with Gasteiger partial charge >= 0.3 is 0 Å². The second-order valence-electron chi connectivity index (χ2n) is 10.6. The number of phenols is 1. The molecule has 1 heterocycles. The highest BCUT2D eigenvalue weighted by Gasteiger charge is 2.58. The number of hydrogen-bond acceptors (Lipinski definition) is 4. The van der Waals surface area contributed by atoms with E-state index in [1.807, 2.05) is 12.1 Å². The Labute approximate surface area is 178 Å². The second kappa shape index (κ2) is 6.67. The van der Waals surface area contributed by atoms with Crippen LogP contribution >= 0.6 is 0 Å². The lowest BCUT2D eigenvalue weighted by atomic mass is 9.50. The maximum atomic E-state index is 12.7. The number of ether oxygens (including phenoxy) is 2. The van der Waals surface area contributed by atoms with Gasteiger partial charge in [0, 0.05) is 24.7 Å². The van der Waals surface area contributed by atoms with Gasteiger partial charge in [-0.25, -0.2) is 0 Å². The molecule has 1 spiro atoms. The van der Waals surface area contributed by atoms with Crippen LogP contribution in [0.1, 0.15) is 63.4 Å². The van der Waals surface area contributed by atoms with Crippen molar-refractivity contribution in [1.29, 1.82) is 0 Å². The molecule has 0 unspecified atom stereocenters. The smallest absolute Gasteiger partial charge is 0.172 e. The Morgan fingerprint density at radius 1 is 1.07 bits per heavy atom. The number of aromatic hydroxyl groups is 1. The summed E-state index contributed by atoms with van der Waals surface area (Å²) in [5.74, 6) is 2.94. The van der Waals surface area contributed by atoms with Gasteiger partial charge in [0.1, 0.15) is 11.5 Å². The Balaban J connectivity index is 1.40. The Morgan fingerprint density at radius 2 is 1.83 bits per heavy atom. The van der Waals surface area contributed by atoms with Gasteiger partial charge in [-0.05, 0) is 73.0 Å². The molecule has 0 amide bonds. The Bertz CT molecular complexity index is 881. The third kappa shape index (κ3) is 2.69. The van der Waals surface area contributed by atoms with Gasteiger partial charge in [-0.2, -0.15) is 0 Å². The fourth-order valence-electron chi connectivity index (χ4n) is 7.93. The van der Waals surface area contributed by atoms with Crippen molar-refractivity contribution in [3.63, 3.8) is 0 Å². The zero-order valence-corrected chi connectivity index (χ0v) is 17.8. The number of benzene rings is 1. The van der Waals surface area contributed by atoms with Crippen LogP contribution < -0.4 is 0 Å². The molecule has 0 bridgehead atoms. The summed E-state index contributed by atoms with van der Waals surface area (Å²) in [6, 6.07) is 7.79. The molecule has 4 nitrogen and oxygen atoms in total. The van der Waals surface area contributed by atoms with Gasteiger partial charge in [0.2, 0.25) is 0 Å². The fraction of sp³-hybridized carbons (Fsp3) is 0.654. The molecule has 1 aromatic carbocycles. The Morgan fingerprint density at radius 3 is 2.60 bits per heavy atom. The van der Waals surface area contributed by atoms with Crippen molar-refractivity contribution in [3.8, 4) is 5.75 Å². The van der Waals surface area contributed by atoms with Crippen LogP contribution in [0.2, 0.25) is 0 Å². The minimum atomic E-state index is -0.482. The molecular weight excluding hydrogens is 376 g/mol. The molecule has 1 aromatic rings. The first-order chi connectivity index (χ1) is 14.5. The van der Waals surface area contributed by atoms with Crippen molar-refractivity contribution < 1.29 is 19.4 Å². The molecule has 30 heavy (non-hydrogen) atoms. The van der Waals surface area contributed by atoms with Crippen LogP contribution in [-0.2, 0) is 14.3 Å². The lowest BCUT2D eigenvalue weighted by molar-refractivity contribution is -0.181. The van der Waals surface area contributed by atoms with Crippen LogP contribution in [0.4, 0.5) is 0 Å². The number of carbonyl (C=O) groups is 1. The molecule has 1 N–H and O–H groups in total. The van der Waals surface area contributed by atoms with E-state index in [1.54, 1.807) is 0 Å². The molecule has 4 aliphatic carbocycles. The van der Waals surface area contributed by atoms with E-state index in [0.717, 1.165) is 44.9 Å². The monoisotopic (exact) mass is 408 g/mol. The van der Waals surface area contributed by atoms with E-state index < -0.39 is 5.79 Å². The fourth-order valence-corrected chi connectivity index (χ4v) is 7.93. The molecule has 0 aromatic heterocycles. The summed E-state index contributed by atoms with van der Waals surface area (Å²) in [7, 11) is 0. The third-order valence-electron chi connectivity index (χ3n) is 9.32. The van der Waals surface area contributed by atoms with Gasteiger partial charge < -0.3 is 14.6 Å². The number of phenolic OH excluding ortho intramolecular Hbond substituents is 1. The molecule has 0 radical (unpaired) electrons. The summed E-state index contributed by atoms with van der Waals surface area (Å²) in [6.45, 7) is 3.60. The normalized spacial score (nSPS) is 41.8. The second-order valence-corrected chi connectivity index (χ2v) is 10.6. The number of allylic oxidation sites excluding steroid dienone is 1. The zero-order valence-electron chi connectivity index (χ0n) is 17.8. The topological polar surface area (TPSA) is 55.8 Å². The first-order valence-electron chi connectivity index (χ1n) is 11.8. The number of hydrogen-bond donors (Lipinski definition) is 1.